The van der Waals surface area contributed by atoms with Gasteiger partial charge in [-0.25, -0.2) is 13.1 Å². The van der Waals surface area contributed by atoms with Crippen molar-refractivity contribution in [2.24, 2.45) is 0 Å². The molecule has 0 radical (unpaired) electrons. The van der Waals surface area contributed by atoms with E-state index in [1.165, 1.54) is 31.4 Å². The highest BCUT2D eigenvalue weighted by atomic mass is 32.2. The smallest absolute Gasteiger partial charge is 0.264 e. The molecule has 0 atom stereocenters. The van der Waals surface area contributed by atoms with Gasteiger partial charge in [-0.3, -0.25) is 9.59 Å². The topological polar surface area (TPSA) is 111 Å². The Morgan fingerprint density at radius 2 is 1.69 bits per heavy atom. The van der Waals surface area contributed by atoms with Crippen LogP contribution in [-0.2, 0) is 19.6 Å². The van der Waals surface area contributed by atoms with E-state index in [9.17, 15) is 18.0 Å². The van der Waals surface area contributed by atoms with E-state index in [1.54, 1.807) is 24.3 Å². The predicted molar refractivity (Wildman–Crippen MR) is 94.6 cm³/mol. The Kier molecular flexibility index (Phi) is 6.18. The number of carbonyl (C=O) groups is 2. The quantitative estimate of drug-likeness (QED) is 0.756. The fourth-order valence-electron chi connectivity index (χ4n) is 2.00. The van der Waals surface area contributed by atoms with Gasteiger partial charge in [-0.15, -0.1) is 0 Å². The van der Waals surface area contributed by atoms with Gasteiger partial charge >= 0.3 is 0 Å². The molecule has 0 spiro atoms. The number of rotatable bonds is 7. The Hall–Kier alpha value is -3.07. The molecule has 0 bridgehead atoms. The minimum atomic E-state index is -3.91. The van der Waals surface area contributed by atoms with Crippen LogP contribution in [0.15, 0.2) is 53.4 Å². The molecule has 0 aliphatic carbocycles. The summed E-state index contributed by atoms with van der Waals surface area (Å²) < 4.78 is 36.0. The van der Waals surface area contributed by atoms with Crippen molar-refractivity contribution in [3.63, 3.8) is 0 Å². The molecule has 0 aromatic heterocycles. The lowest BCUT2D eigenvalue weighted by Crippen LogP contribution is -2.28. The van der Waals surface area contributed by atoms with Gasteiger partial charge in [-0.05, 0) is 36.4 Å². The normalized spacial score (nSPS) is 10.7. The SMILES string of the molecule is COc1cccc(OCC(=O)Nc2ccc(S(=O)(=O)NC(C)=O)cc2)c1. The first-order chi connectivity index (χ1) is 12.3. The fraction of sp³-hybridized carbons (Fsp3) is 0.176. The maximum Gasteiger partial charge on any atom is 0.264 e. The second-order valence-electron chi connectivity index (χ2n) is 5.20. The minimum absolute atomic E-state index is 0.0849. The van der Waals surface area contributed by atoms with Crippen LogP contribution in [0.5, 0.6) is 11.5 Å². The van der Waals surface area contributed by atoms with Gasteiger partial charge < -0.3 is 14.8 Å². The molecule has 2 aromatic carbocycles. The lowest BCUT2D eigenvalue weighted by atomic mass is 10.3. The molecule has 0 aliphatic rings. The number of hydrogen-bond acceptors (Lipinski definition) is 6. The van der Waals surface area contributed by atoms with E-state index < -0.39 is 21.8 Å². The van der Waals surface area contributed by atoms with E-state index in [1.807, 2.05) is 4.72 Å². The molecule has 0 fully saturated rings. The van der Waals surface area contributed by atoms with Gasteiger partial charge in [0, 0.05) is 18.7 Å². The van der Waals surface area contributed by atoms with E-state index >= 15 is 0 Å². The Morgan fingerprint density at radius 1 is 1.04 bits per heavy atom. The molecule has 2 amide bonds. The summed E-state index contributed by atoms with van der Waals surface area (Å²) >= 11 is 0. The standard InChI is InChI=1S/C17H18N2O6S/c1-12(20)19-26(22,23)16-8-6-13(7-9-16)18-17(21)11-25-15-5-3-4-14(10-15)24-2/h3-10H,11H2,1-2H3,(H,18,21)(H,19,20). The number of sulfonamides is 1. The zero-order valence-electron chi connectivity index (χ0n) is 14.2. The van der Waals surface area contributed by atoms with Crippen molar-refractivity contribution in [1.82, 2.24) is 4.72 Å². The van der Waals surface area contributed by atoms with Crippen LogP contribution in [0.3, 0.4) is 0 Å². The first kappa shape index (κ1) is 19.3. The lowest BCUT2D eigenvalue weighted by Gasteiger charge is -2.09. The number of anilines is 1. The monoisotopic (exact) mass is 378 g/mol. The second-order valence-corrected chi connectivity index (χ2v) is 6.88. The number of nitrogens with one attached hydrogen (secondary N) is 2. The van der Waals surface area contributed by atoms with Crippen molar-refractivity contribution in [2.45, 2.75) is 11.8 Å². The van der Waals surface area contributed by atoms with Crippen molar-refractivity contribution in [2.75, 3.05) is 19.0 Å². The molecular formula is C17H18N2O6S. The molecule has 0 saturated heterocycles. The summed E-state index contributed by atoms with van der Waals surface area (Å²) in [6, 6.07) is 12.2. The van der Waals surface area contributed by atoms with E-state index in [2.05, 4.69) is 5.32 Å². The van der Waals surface area contributed by atoms with E-state index in [0.29, 0.717) is 17.2 Å². The van der Waals surface area contributed by atoms with Gasteiger partial charge in [0.2, 0.25) is 5.91 Å². The Balaban J connectivity index is 1.94. The highest BCUT2D eigenvalue weighted by molar-refractivity contribution is 7.90. The lowest BCUT2D eigenvalue weighted by molar-refractivity contribution is -0.118. The van der Waals surface area contributed by atoms with Crippen LogP contribution >= 0.6 is 0 Å². The Bertz CT molecular complexity index is 894. The number of carbonyl (C=O) groups excluding carboxylic acids is 2. The summed E-state index contributed by atoms with van der Waals surface area (Å²) in [5, 5.41) is 2.58. The number of benzene rings is 2. The van der Waals surface area contributed by atoms with E-state index in [4.69, 9.17) is 9.47 Å². The number of ether oxygens (including phenoxy) is 2. The average molecular weight is 378 g/mol. The fourth-order valence-corrected chi connectivity index (χ4v) is 2.99. The summed E-state index contributed by atoms with van der Waals surface area (Å²) in [4.78, 5) is 22.7. The number of amides is 2. The Morgan fingerprint density at radius 3 is 2.31 bits per heavy atom. The summed E-state index contributed by atoms with van der Waals surface area (Å²) in [6.07, 6.45) is 0. The van der Waals surface area contributed by atoms with Crippen LogP contribution in [0.25, 0.3) is 0 Å². The highest BCUT2D eigenvalue weighted by Crippen LogP contribution is 2.19. The molecular weight excluding hydrogens is 360 g/mol. The summed E-state index contributed by atoms with van der Waals surface area (Å²) in [5.41, 5.74) is 0.394. The molecule has 0 unspecified atom stereocenters. The summed E-state index contributed by atoms with van der Waals surface area (Å²) in [6.45, 7) is 0.883. The van der Waals surface area contributed by atoms with Gasteiger partial charge in [0.05, 0.1) is 12.0 Å². The van der Waals surface area contributed by atoms with Gasteiger partial charge in [0.1, 0.15) is 11.5 Å². The van der Waals surface area contributed by atoms with Crippen LogP contribution in [-0.4, -0.2) is 33.9 Å². The van der Waals surface area contributed by atoms with Crippen molar-refractivity contribution in [3.05, 3.63) is 48.5 Å². The zero-order valence-corrected chi connectivity index (χ0v) is 15.0. The summed E-state index contributed by atoms with van der Waals surface area (Å²) in [5.74, 6) is -0.00233. The highest BCUT2D eigenvalue weighted by Gasteiger charge is 2.15. The molecule has 26 heavy (non-hydrogen) atoms. The first-order valence-corrected chi connectivity index (χ1v) is 8.98. The van der Waals surface area contributed by atoms with Gasteiger partial charge in [0.15, 0.2) is 6.61 Å². The molecule has 2 rings (SSSR count). The van der Waals surface area contributed by atoms with Crippen LogP contribution in [0.1, 0.15) is 6.92 Å². The van der Waals surface area contributed by atoms with Crippen LogP contribution < -0.4 is 19.5 Å². The van der Waals surface area contributed by atoms with Crippen LogP contribution in [0, 0.1) is 0 Å². The third-order valence-corrected chi connectivity index (χ3v) is 4.59. The maximum atomic E-state index is 11.9. The predicted octanol–water partition coefficient (Wildman–Crippen LogP) is 1.54. The van der Waals surface area contributed by atoms with Crippen molar-refractivity contribution < 1.29 is 27.5 Å². The van der Waals surface area contributed by atoms with Crippen molar-refractivity contribution in [1.29, 1.82) is 0 Å². The summed E-state index contributed by atoms with van der Waals surface area (Å²) in [7, 11) is -2.38. The molecule has 138 valence electrons. The molecule has 8 nitrogen and oxygen atoms in total. The average Bonchev–Trinajstić information content (AvgIpc) is 2.59. The molecule has 9 heteroatoms. The maximum absolute atomic E-state index is 11.9. The van der Waals surface area contributed by atoms with E-state index in [0.717, 1.165) is 6.92 Å². The Labute approximate surface area is 151 Å². The first-order valence-electron chi connectivity index (χ1n) is 7.50. The van der Waals surface area contributed by atoms with Crippen molar-refractivity contribution >= 4 is 27.5 Å². The van der Waals surface area contributed by atoms with Crippen LogP contribution in [0.2, 0.25) is 0 Å². The minimum Gasteiger partial charge on any atom is -0.497 e. The molecule has 2 N–H and O–H groups in total. The second kappa shape index (κ2) is 8.34. The largest absolute Gasteiger partial charge is 0.497 e. The van der Waals surface area contributed by atoms with Gasteiger partial charge in [0.25, 0.3) is 15.9 Å². The van der Waals surface area contributed by atoms with Gasteiger partial charge in [-0.1, -0.05) is 6.07 Å². The van der Waals surface area contributed by atoms with Crippen LogP contribution in [0.4, 0.5) is 5.69 Å². The molecule has 0 saturated carbocycles. The van der Waals surface area contributed by atoms with Gasteiger partial charge in [-0.2, -0.15) is 0 Å². The molecule has 0 heterocycles. The third kappa shape index (κ3) is 5.49. The van der Waals surface area contributed by atoms with E-state index in [-0.39, 0.29) is 11.5 Å². The third-order valence-electron chi connectivity index (χ3n) is 3.14. The van der Waals surface area contributed by atoms with Crippen molar-refractivity contribution in [3.8, 4) is 11.5 Å². The number of methoxy groups -OCH3 is 1. The number of hydrogen-bond donors (Lipinski definition) is 2. The molecule has 2 aromatic rings. The molecule has 0 aliphatic heterocycles. The zero-order chi connectivity index (χ0) is 19.2.